The second kappa shape index (κ2) is 9.38. The van der Waals surface area contributed by atoms with Crippen LogP contribution in [0.3, 0.4) is 0 Å². The van der Waals surface area contributed by atoms with Crippen LogP contribution in [0.1, 0.15) is 17.4 Å². The third-order valence-corrected chi connectivity index (χ3v) is 5.78. The van der Waals surface area contributed by atoms with Crippen LogP contribution < -0.4 is 0 Å². The van der Waals surface area contributed by atoms with Gasteiger partial charge in [-0.05, 0) is 60.5 Å². The first-order valence-corrected chi connectivity index (χ1v) is 10.9. The smallest absolute Gasteiger partial charge is 0.269 e. The van der Waals surface area contributed by atoms with Crippen molar-refractivity contribution >= 4 is 5.69 Å². The van der Waals surface area contributed by atoms with Crippen molar-refractivity contribution in [3.8, 4) is 16.9 Å². The summed E-state index contributed by atoms with van der Waals surface area (Å²) in [7, 11) is 0. The zero-order valence-corrected chi connectivity index (χ0v) is 18.4. The molecule has 7 nitrogen and oxygen atoms in total. The Kier molecular flexibility index (Phi) is 5.97. The minimum atomic E-state index is -0.484. The van der Waals surface area contributed by atoms with Crippen LogP contribution in [0.25, 0.3) is 16.9 Å². The highest BCUT2D eigenvalue weighted by atomic mass is 19.1. The molecule has 0 saturated heterocycles. The van der Waals surface area contributed by atoms with Gasteiger partial charge in [-0.2, -0.15) is 5.10 Å². The molecule has 1 aromatic heterocycles. The summed E-state index contributed by atoms with van der Waals surface area (Å²) in [6.45, 7) is 0.587. The number of aromatic nitrogens is 2. The van der Waals surface area contributed by atoms with Gasteiger partial charge < -0.3 is 9.64 Å². The molecule has 2 heterocycles. The summed E-state index contributed by atoms with van der Waals surface area (Å²) in [5.41, 5.74) is 3.76. The van der Waals surface area contributed by atoms with E-state index in [1.54, 1.807) is 47.3 Å². The van der Waals surface area contributed by atoms with Crippen molar-refractivity contribution in [1.29, 1.82) is 0 Å². The lowest BCUT2D eigenvalue weighted by molar-refractivity contribution is -0.384. The van der Waals surface area contributed by atoms with Crippen molar-refractivity contribution in [2.75, 3.05) is 6.54 Å². The van der Waals surface area contributed by atoms with E-state index in [2.05, 4.69) is 0 Å². The van der Waals surface area contributed by atoms with Crippen LogP contribution in [0.4, 0.5) is 14.5 Å². The van der Waals surface area contributed by atoms with Gasteiger partial charge in [0.25, 0.3) is 5.69 Å². The highest BCUT2D eigenvalue weighted by Crippen LogP contribution is 2.35. The van der Waals surface area contributed by atoms with Crippen LogP contribution in [0.5, 0.6) is 0 Å². The molecule has 3 aromatic carbocycles. The van der Waals surface area contributed by atoms with Gasteiger partial charge in [0.2, 0.25) is 6.23 Å². The molecular weight excluding hydrogens is 454 g/mol. The van der Waals surface area contributed by atoms with Gasteiger partial charge in [0.05, 0.1) is 16.2 Å². The molecule has 1 aliphatic heterocycles. The van der Waals surface area contributed by atoms with Crippen LogP contribution in [-0.2, 0) is 11.2 Å². The number of ether oxygens (including phenoxy) is 1. The number of rotatable bonds is 7. The molecule has 0 fully saturated rings. The minimum Gasteiger partial charge on any atom is -0.472 e. The second-order valence-electron chi connectivity index (χ2n) is 8.05. The lowest BCUT2D eigenvalue weighted by atomic mass is 10.1. The molecule has 0 N–H and O–H groups in total. The van der Waals surface area contributed by atoms with E-state index in [0.29, 0.717) is 29.9 Å². The number of non-ortho nitro benzene ring substituents is 1. The lowest BCUT2D eigenvalue weighted by Crippen LogP contribution is -2.23. The van der Waals surface area contributed by atoms with Gasteiger partial charge in [0.1, 0.15) is 23.6 Å². The van der Waals surface area contributed by atoms with Crippen LogP contribution in [0.2, 0.25) is 0 Å². The Balaban J connectivity index is 1.44. The molecule has 0 bridgehead atoms. The van der Waals surface area contributed by atoms with Crippen LogP contribution in [0, 0.1) is 21.7 Å². The summed E-state index contributed by atoms with van der Waals surface area (Å²) in [5, 5.41) is 15.6. The van der Waals surface area contributed by atoms with Crippen molar-refractivity contribution in [1.82, 2.24) is 14.7 Å². The maximum Gasteiger partial charge on any atom is 0.269 e. The van der Waals surface area contributed by atoms with Crippen molar-refractivity contribution in [3.63, 3.8) is 0 Å². The molecule has 0 radical (unpaired) electrons. The average molecular weight is 474 g/mol. The first-order chi connectivity index (χ1) is 17.0. The SMILES string of the molecule is O=[N+]([O-])c1ccc(CCN2C=COC2c2cn(-c3ccc(F)cc3)nc2-c2ccc(F)cc2)cc1. The number of nitrogens with zero attached hydrogens (tertiary/aromatic N) is 4. The van der Waals surface area contributed by atoms with Gasteiger partial charge in [0.15, 0.2) is 0 Å². The number of nitro benzene ring substituents is 1. The molecule has 1 atom stereocenters. The maximum absolute atomic E-state index is 13.6. The molecule has 0 spiro atoms. The van der Waals surface area contributed by atoms with Gasteiger partial charge in [0, 0.05) is 36.6 Å². The van der Waals surface area contributed by atoms with Gasteiger partial charge in [-0.1, -0.05) is 12.1 Å². The highest BCUT2D eigenvalue weighted by molar-refractivity contribution is 5.64. The molecular formula is C26H20F2N4O3. The van der Waals surface area contributed by atoms with E-state index >= 15 is 0 Å². The first kappa shape index (κ1) is 22.3. The standard InChI is InChI=1S/C26H20F2N4O3/c27-20-5-3-19(4-6-20)25-24(17-31(29-25)22-11-7-21(28)8-12-22)26-30(15-16-35-26)14-13-18-1-9-23(10-2-18)32(33)34/h1-12,15-17,26H,13-14H2. The third kappa shape index (κ3) is 4.74. The molecule has 4 aromatic rings. The lowest BCUT2D eigenvalue weighted by Gasteiger charge is -2.24. The van der Waals surface area contributed by atoms with Gasteiger partial charge in [-0.3, -0.25) is 10.1 Å². The Morgan fingerprint density at radius 2 is 1.60 bits per heavy atom. The van der Waals surface area contributed by atoms with Crippen LogP contribution >= 0.6 is 0 Å². The summed E-state index contributed by atoms with van der Waals surface area (Å²) in [4.78, 5) is 12.5. The van der Waals surface area contributed by atoms with Gasteiger partial charge in [-0.25, -0.2) is 13.5 Å². The predicted molar refractivity (Wildman–Crippen MR) is 125 cm³/mol. The maximum atomic E-state index is 13.6. The minimum absolute atomic E-state index is 0.0492. The Morgan fingerprint density at radius 1 is 0.943 bits per heavy atom. The van der Waals surface area contributed by atoms with Crippen LogP contribution in [-0.4, -0.2) is 26.1 Å². The van der Waals surface area contributed by atoms with E-state index in [9.17, 15) is 18.9 Å². The molecule has 0 saturated carbocycles. The van der Waals surface area contributed by atoms with E-state index in [-0.39, 0.29) is 17.3 Å². The fourth-order valence-corrected chi connectivity index (χ4v) is 3.96. The largest absolute Gasteiger partial charge is 0.472 e. The quantitative estimate of drug-likeness (QED) is 0.251. The van der Waals surface area contributed by atoms with Gasteiger partial charge >= 0.3 is 0 Å². The van der Waals surface area contributed by atoms with Crippen LogP contribution in [0.15, 0.2) is 91.5 Å². The van der Waals surface area contributed by atoms with Gasteiger partial charge in [-0.15, -0.1) is 0 Å². The summed E-state index contributed by atoms with van der Waals surface area (Å²) in [6, 6.07) is 18.5. The number of benzene rings is 3. The molecule has 35 heavy (non-hydrogen) atoms. The van der Waals surface area contributed by atoms with E-state index in [1.165, 1.54) is 36.4 Å². The van der Waals surface area contributed by atoms with Crippen molar-refractivity contribution < 1.29 is 18.4 Å². The number of nitro groups is 1. The summed E-state index contributed by atoms with van der Waals surface area (Å²) in [5.74, 6) is -0.697. The average Bonchev–Trinajstić information content (AvgIpc) is 3.51. The highest BCUT2D eigenvalue weighted by Gasteiger charge is 2.28. The summed E-state index contributed by atoms with van der Waals surface area (Å²) < 4.78 is 34.6. The fourth-order valence-electron chi connectivity index (χ4n) is 3.96. The zero-order chi connectivity index (χ0) is 24.4. The monoisotopic (exact) mass is 474 g/mol. The van der Waals surface area contributed by atoms with Crippen molar-refractivity contribution in [2.24, 2.45) is 0 Å². The molecule has 176 valence electrons. The molecule has 0 aliphatic carbocycles. The van der Waals surface area contributed by atoms with E-state index in [1.807, 2.05) is 17.3 Å². The fraction of sp³-hybridized carbons (Fsp3) is 0.115. The number of hydrogen-bond donors (Lipinski definition) is 0. The Morgan fingerprint density at radius 3 is 2.26 bits per heavy atom. The van der Waals surface area contributed by atoms with E-state index in [0.717, 1.165) is 11.1 Å². The molecule has 9 heteroatoms. The Labute approximate surface area is 199 Å². The second-order valence-corrected chi connectivity index (χ2v) is 8.05. The predicted octanol–water partition coefficient (Wildman–Crippen LogP) is 5.77. The zero-order valence-electron chi connectivity index (χ0n) is 18.4. The topological polar surface area (TPSA) is 73.4 Å². The van der Waals surface area contributed by atoms with E-state index < -0.39 is 11.2 Å². The molecule has 0 amide bonds. The van der Waals surface area contributed by atoms with E-state index in [4.69, 9.17) is 9.84 Å². The number of halogens is 2. The number of hydrogen-bond acceptors (Lipinski definition) is 5. The molecule has 1 aliphatic rings. The Bertz CT molecular complexity index is 1370. The summed E-state index contributed by atoms with van der Waals surface area (Å²) >= 11 is 0. The molecule has 1 unspecified atom stereocenters. The summed E-state index contributed by atoms with van der Waals surface area (Å²) in [6.07, 6.45) is 5.41. The normalized spacial score (nSPS) is 14.8. The Hall–Kier alpha value is -4.53. The van der Waals surface area contributed by atoms with Crippen molar-refractivity contribution in [3.05, 3.63) is 124 Å². The third-order valence-electron chi connectivity index (χ3n) is 5.78. The first-order valence-electron chi connectivity index (χ1n) is 10.9. The van der Waals surface area contributed by atoms with Crippen molar-refractivity contribution in [2.45, 2.75) is 12.6 Å². The molecule has 5 rings (SSSR count).